The molecule has 8 nitrogen and oxygen atoms in total. The molecule has 130 valence electrons. The number of aryl methyl sites for hydroxylation is 1. The molecule has 0 atom stereocenters. The van der Waals surface area contributed by atoms with Gasteiger partial charge in [-0.2, -0.15) is 0 Å². The molecule has 0 aromatic heterocycles. The Bertz CT molecular complexity index is 774. The summed E-state index contributed by atoms with van der Waals surface area (Å²) in [4.78, 5) is 33.7. The van der Waals surface area contributed by atoms with E-state index in [0.29, 0.717) is 5.75 Å². The molecule has 0 heterocycles. The van der Waals surface area contributed by atoms with Gasteiger partial charge in [-0.25, -0.2) is 0 Å². The van der Waals surface area contributed by atoms with Crippen LogP contribution in [0.5, 0.6) is 5.75 Å². The maximum Gasteiger partial charge on any atom is 0.276 e. The third kappa shape index (κ3) is 5.31. The second kappa shape index (κ2) is 8.44. The van der Waals surface area contributed by atoms with Crippen LogP contribution >= 0.6 is 0 Å². The number of hydrogen-bond acceptors (Lipinski definition) is 5. The Balaban J connectivity index is 1.81. The first-order chi connectivity index (χ1) is 12.0. The van der Waals surface area contributed by atoms with Crippen molar-refractivity contribution >= 4 is 17.5 Å². The summed E-state index contributed by atoms with van der Waals surface area (Å²) >= 11 is 0. The number of nitro benzene ring substituents is 1. The number of amides is 2. The lowest BCUT2D eigenvalue weighted by molar-refractivity contribution is -0.384. The standard InChI is InChI=1S/C17H17N3O5/c1-2-12-6-8-15(9-7-12)25-11-16(21)18-19-17(22)13-4-3-5-14(10-13)20(23)24/h3-10H,2,11H2,1H3,(H,18,21)(H,19,22). The predicted molar refractivity (Wildman–Crippen MR) is 90.0 cm³/mol. The fourth-order valence-corrected chi connectivity index (χ4v) is 1.97. The second-order valence-corrected chi connectivity index (χ2v) is 5.10. The summed E-state index contributed by atoms with van der Waals surface area (Å²) in [5, 5.41) is 10.7. The molecule has 0 spiro atoms. The lowest BCUT2D eigenvalue weighted by Crippen LogP contribution is -2.43. The van der Waals surface area contributed by atoms with E-state index in [1.165, 1.54) is 18.2 Å². The van der Waals surface area contributed by atoms with Gasteiger partial charge in [-0.3, -0.25) is 30.6 Å². The molecule has 0 radical (unpaired) electrons. The van der Waals surface area contributed by atoms with Crippen LogP contribution in [0.4, 0.5) is 5.69 Å². The molecule has 0 saturated heterocycles. The summed E-state index contributed by atoms with van der Waals surface area (Å²) in [6.07, 6.45) is 0.907. The Morgan fingerprint density at radius 3 is 2.48 bits per heavy atom. The third-order valence-corrected chi connectivity index (χ3v) is 3.34. The Morgan fingerprint density at radius 2 is 1.84 bits per heavy atom. The highest BCUT2D eigenvalue weighted by atomic mass is 16.6. The Morgan fingerprint density at radius 1 is 1.12 bits per heavy atom. The van der Waals surface area contributed by atoms with Gasteiger partial charge in [0.1, 0.15) is 5.75 Å². The van der Waals surface area contributed by atoms with Crippen LogP contribution in [0, 0.1) is 10.1 Å². The van der Waals surface area contributed by atoms with Crippen LogP contribution in [0.15, 0.2) is 48.5 Å². The normalized spacial score (nSPS) is 9.96. The van der Waals surface area contributed by atoms with Crippen molar-refractivity contribution in [3.8, 4) is 5.75 Å². The zero-order valence-electron chi connectivity index (χ0n) is 13.5. The fourth-order valence-electron chi connectivity index (χ4n) is 1.97. The van der Waals surface area contributed by atoms with Crippen molar-refractivity contribution in [1.82, 2.24) is 10.9 Å². The number of nitrogens with zero attached hydrogens (tertiary/aromatic N) is 1. The van der Waals surface area contributed by atoms with Crippen LogP contribution in [0.25, 0.3) is 0 Å². The highest BCUT2D eigenvalue weighted by molar-refractivity contribution is 5.96. The third-order valence-electron chi connectivity index (χ3n) is 3.34. The van der Waals surface area contributed by atoms with Gasteiger partial charge in [-0.15, -0.1) is 0 Å². The number of nitrogens with one attached hydrogen (secondary N) is 2. The molecule has 25 heavy (non-hydrogen) atoms. The lowest BCUT2D eigenvalue weighted by Gasteiger charge is -2.09. The van der Waals surface area contributed by atoms with Crippen molar-refractivity contribution in [2.75, 3.05) is 6.61 Å². The zero-order valence-corrected chi connectivity index (χ0v) is 13.5. The number of hydrazine groups is 1. The van der Waals surface area contributed by atoms with E-state index in [1.807, 2.05) is 19.1 Å². The van der Waals surface area contributed by atoms with Crippen LogP contribution < -0.4 is 15.6 Å². The first kappa shape index (κ1) is 17.9. The molecule has 0 unspecified atom stereocenters. The number of carbonyl (C=O) groups excluding carboxylic acids is 2. The number of rotatable bonds is 6. The summed E-state index contributed by atoms with van der Waals surface area (Å²) in [6, 6.07) is 12.5. The fraction of sp³-hybridized carbons (Fsp3) is 0.176. The topological polar surface area (TPSA) is 111 Å². The maximum absolute atomic E-state index is 11.9. The van der Waals surface area contributed by atoms with E-state index in [4.69, 9.17) is 4.74 Å². The minimum Gasteiger partial charge on any atom is -0.484 e. The van der Waals surface area contributed by atoms with E-state index in [2.05, 4.69) is 10.9 Å². The molecular weight excluding hydrogens is 326 g/mol. The molecule has 2 aromatic rings. The van der Waals surface area contributed by atoms with Crippen molar-refractivity contribution in [3.05, 3.63) is 69.8 Å². The van der Waals surface area contributed by atoms with Gasteiger partial charge < -0.3 is 4.74 Å². The van der Waals surface area contributed by atoms with Gasteiger partial charge in [0.25, 0.3) is 17.5 Å². The lowest BCUT2D eigenvalue weighted by atomic mass is 10.2. The molecule has 2 N–H and O–H groups in total. The van der Waals surface area contributed by atoms with Gasteiger partial charge >= 0.3 is 0 Å². The van der Waals surface area contributed by atoms with Crippen LogP contribution in [0.3, 0.4) is 0 Å². The van der Waals surface area contributed by atoms with Crippen molar-refractivity contribution in [2.24, 2.45) is 0 Å². The van der Waals surface area contributed by atoms with E-state index < -0.39 is 16.7 Å². The van der Waals surface area contributed by atoms with E-state index in [-0.39, 0.29) is 17.9 Å². The molecule has 0 saturated carbocycles. The maximum atomic E-state index is 11.9. The van der Waals surface area contributed by atoms with Gasteiger partial charge in [0.15, 0.2) is 6.61 Å². The van der Waals surface area contributed by atoms with E-state index in [0.717, 1.165) is 18.1 Å². The number of ether oxygens (including phenoxy) is 1. The summed E-state index contributed by atoms with van der Waals surface area (Å²) < 4.78 is 5.30. The average molecular weight is 343 g/mol. The Labute approximate surface area is 143 Å². The summed E-state index contributed by atoms with van der Waals surface area (Å²) in [6.45, 7) is 1.76. The van der Waals surface area contributed by atoms with Crippen LogP contribution in [0.1, 0.15) is 22.8 Å². The molecule has 0 aliphatic carbocycles. The zero-order chi connectivity index (χ0) is 18.2. The van der Waals surface area contributed by atoms with E-state index in [1.54, 1.807) is 12.1 Å². The second-order valence-electron chi connectivity index (χ2n) is 5.10. The smallest absolute Gasteiger partial charge is 0.276 e. The molecule has 2 aromatic carbocycles. The molecule has 0 aliphatic heterocycles. The Hall–Kier alpha value is -3.42. The highest BCUT2D eigenvalue weighted by Gasteiger charge is 2.12. The number of non-ortho nitro benzene ring substituents is 1. The van der Waals surface area contributed by atoms with Gasteiger partial charge in [-0.1, -0.05) is 25.1 Å². The van der Waals surface area contributed by atoms with Gasteiger partial charge in [0.2, 0.25) is 0 Å². The predicted octanol–water partition coefficient (Wildman–Crippen LogP) is 2.00. The molecule has 0 aliphatic rings. The van der Waals surface area contributed by atoms with Gasteiger partial charge in [0, 0.05) is 17.7 Å². The summed E-state index contributed by atoms with van der Waals surface area (Å²) in [7, 11) is 0. The van der Waals surface area contributed by atoms with Gasteiger partial charge in [0.05, 0.1) is 4.92 Å². The van der Waals surface area contributed by atoms with E-state index >= 15 is 0 Å². The van der Waals surface area contributed by atoms with Crippen molar-refractivity contribution in [3.63, 3.8) is 0 Å². The largest absolute Gasteiger partial charge is 0.484 e. The number of nitro groups is 1. The summed E-state index contributed by atoms with van der Waals surface area (Å²) in [5.74, 6) is -0.681. The number of benzene rings is 2. The first-order valence-electron chi connectivity index (χ1n) is 7.55. The van der Waals surface area contributed by atoms with E-state index in [9.17, 15) is 19.7 Å². The molecule has 2 amide bonds. The number of carbonyl (C=O) groups is 2. The monoisotopic (exact) mass is 343 g/mol. The first-order valence-corrected chi connectivity index (χ1v) is 7.55. The van der Waals surface area contributed by atoms with Crippen molar-refractivity contribution in [2.45, 2.75) is 13.3 Å². The minimum atomic E-state index is -0.663. The number of hydrogen-bond donors (Lipinski definition) is 2. The molecule has 0 fully saturated rings. The van der Waals surface area contributed by atoms with Crippen molar-refractivity contribution in [1.29, 1.82) is 0 Å². The molecule has 8 heteroatoms. The van der Waals surface area contributed by atoms with Crippen molar-refractivity contribution < 1.29 is 19.2 Å². The molecule has 0 bridgehead atoms. The SMILES string of the molecule is CCc1ccc(OCC(=O)NNC(=O)c2cccc([N+](=O)[O-])c2)cc1. The Kier molecular flexibility index (Phi) is 6.05. The molecular formula is C17H17N3O5. The minimum absolute atomic E-state index is 0.0607. The van der Waals surface area contributed by atoms with Crippen LogP contribution in [0.2, 0.25) is 0 Å². The highest BCUT2D eigenvalue weighted by Crippen LogP contribution is 2.13. The molecule has 2 rings (SSSR count). The van der Waals surface area contributed by atoms with Crippen LogP contribution in [-0.4, -0.2) is 23.3 Å². The summed E-state index contributed by atoms with van der Waals surface area (Å²) in [5.41, 5.74) is 5.37. The average Bonchev–Trinajstić information content (AvgIpc) is 2.64. The quantitative estimate of drug-likeness (QED) is 0.615. The van der Waals surface area contributed by atoms with Crippen LogP contribution in [-0.2, 0) is 11.2 Å². The van der Waals surface area contributed by atoms with Gasteiger partial charge in [-0.05, 0) is 30.2 Å².